The summed E-state index contributed by atoms with van der Waals surface area (Å²) in [6.07, 6.45) is 5.86. The van der Waals surface area contributed by atoms with E-state index in [1.807, 2.05) is 23.1 Å². The Morgan fingerprint density at radius 1 is 1.07 bits per heavy atom. The van der Waals surface area contributed by atoms with Gasteiger partial charge in [-0.25, -0.2) is 4.90 Å². The molecule has 1 saturated heterocycles. The van der Waals surface area contributed by atoms with Crippen LogP contribution in [0.15, 0.2) is 30.6 Å². The maximum atomic E-state index is 11.7. The zero-order chi connectivity index (χ0) is 9.10. The average Bonchev–Trinajstić information content (AvgIpc) is 2.71. The third kappa shape index (κ3) is 2.23. The van der Waals surface area contributed by atoms with Crippen LogP contribution in [0.5, 0.6) is 0 Å². The summed E-state index contributed by atoms with van der Waals surface area (Å²) < 4.78 is 1.63. The molecule has 2 rings (SSSR count). The third-order valence-corrected chi connectivity index (χ3v) is 2.31. The smallest absolute Gasteiger partial charge is 0.497 e. The van der Waals surface area contributed by atoms with Crippen LogP contribution >= 0.6 is 0 Å². The van der Waals surface area contributed by atoms with Gasteiger partial charge in [-0.3, -0.25) is 0 Å². The first-order valence-corrected chi connectivity index (χ1v) is 4.63. The number of hydrogen-bond acceptors (Lipinski definition) is 1. The van der Waals surface area contributed by atoms with Crippen LogP contribution < -0.4 is 17.0 Å². The van der Waals surface area contributed by atoms with Crippen molar-refractivity contribution in [3.63, 3.8) is 0 Å². The van der Waals surface area contributed by atoms with E-state index >= 15 is 0 Å². The maximum Gasteiger partial charge on any atom is 0.497 e. The number of rotatable bonds is 0. The molecule has 0 aromatic carbocycles. The van der Waals surface area contributed by atoms with Gasteiger partial charge in [0.1, 0.15) is 0 Å². The van der Waals surface area contributed by atoms with E-state index < -0.39 is 0 Å². The Hall–Kier alpha value is -1.09. The van der Waals surface area contributed by atoms with Crippen LogP contribution in [0, 0.1) is 0 Å². The lowest BCUT2D eigenvalue weighted by Gasteiger charge is -2.06. The number of amides is 1. The summed E-state index contributed by atoms with van der Waals surface area (Å²) in [7, 11) is 0. The molecule has 1 aliphatic heterocycles. The summed E-state index contributed by atoms with van der Waals surface area (Å²) in [5, 5.41) is 0. The molecule has 0 saturated carbocycles. The summed E-state index contributed by atoms with van der Waals surface area (Å²) in [5.74, 6) is 0. The first-order valence-electron chi connectivity index (χ1n) is 4.63. The molecule has 1 fully saturated rings. The van der Waals surface area contributed by atoms with Crippen molar-refractivity contribution >= 4 is 6.03 Å². The van der Waals surface area contributed by atoms with Gasteiger partial charge >= 0.3 is 6.03 Å². The molecule has 0 bridgehead atoms. The van der Waals surface area contributed by atoms with Crippen molar-refractivity contribution in [3.8, 4) is 0 Å². The topological polar surface area (TPSA) is 24.2 Å². The highest BCUT2D eigenvalue weighted by molar-refractivity contribution is 5.64. The molecule has 0 N–H and O–H groups in total. The van der Waals surface area contributed by atoms with Crippen LogP contribution in [0.4, 0.5) is 4.79 Å². The molecule has 14 heavy (non-hydrogen) atoms. The van der Waals surface area contributed by atoms with Gasteiger partial charge in [0.05, 0.1) is 25.5 Å². The van der Waals surface area contributed by atoms with Crippen molar-refractivity contribution in [2.45, 2.75) is 12.8 Å². The summed E-state index contributed by atoms with van der Waals surface area (Å²) >= 11 is 0. The number of nitrogens with zero attached hydrogens (tertiary/aromatic N) is 2. The summed E-state index contributed by atoms with van der Waals surface area (Å²) in [6, 6.07) is 5.74. The number of pyridine rings is 1. The molecule has 0 spiro atoms. The van der Waals surface area contributed by atoms with Crippen molar-refractivity contribution in [3.05, 3.63) is 30.6 Å². The Morgan fingerprint density at radius 2 is 1.64 bits per heavy atom. The molecule has 1 aromatic heterocycles. The van der Waals surface area contributed by atoms with Gasteiger partial charge < -0.3 is 12.4 Å². The van der Waals surface area contributed by atoms with Crippen molar-refractivity contribution in [2.24, 2.45) is 0 Å². The predicted molar refractivity (Wildman–Crippen MR) is 48.2 cm³/mol. The minimum atomic E-state index is 0. The van der Waals surface area contributed by atoms with E-state index in [0.29, 0.717) is 0 Å². The number of carbonyl (C=O) groups is 1. The van der Waals surface area contributed by atoms with Gasteiger partial charge in [-0.1, -0.05) is 6.07 Å². The van der Waals surface area contributed by atoms with Crippen molar-refractivity contribution < 1.29 is 21.8 Å². The van der Waals surface area contributed by atoms with Crippen LogP contribution in [0.2, 0.25) is 0 Å². The first-order chi connectivity index (χ1) is 6.38. The van der Waals surface area contributed by atoms with Crippen LogP contribution in [0.1, 0.15) is 12.8 Å². The minimum absolute atomic E-state index is 0. The van der Waals surface area contributed by atoms with Gasteiger partial charge in [-0.15, -0.1) is 0 Å². The molecule has 0 aliphatic carbocycles. The van der Waals surface area contributed by atoms with Gasteiger partial charge in [-0.05, 0) is 25.0 Å². The monoisotopic (exact) mass is 212 g/mol. The molecular formula is C10H13ClN2O. The zero-order valence-electron chi connectivity index (χ0n) is 7.90. The first kappa shape index (κ1) is 11.0. The Balaban J connectivity index is 0.000000980. The lowest BCUT2D eigenvalue weighted by molar-refractivity contribution is -0.578. The number of carbonyl (C=O) groups excluding carboxylic acids is 1. The molecule has 1 aromatic rings. The van der Waals surface area contributed by atoms with E-state index in [-0.39, 0.29) is 18.4 Å². The standard InChI is InChI=1S/C10H13N2O.ClH/c13-10(12-8-4-5-9-12)11-6-2-1-3-7-11;/h1-3,6-7H,4-5,8-9H2;1H/q+1;/p-1. The number of hydrogen-bond donors (Lipinski definition) is 0. The number of halogens is 1. The molecule has 4 heteroatoms. The maximum absolute atomic E-state index is 11.7. The largest absolute Gasteiger partial charge is 1.00 e. The van der Waals surface area contributed by atoms with Gasteiger partial charge in [0.25, 0.3) is 0 Å². The second-order valence-corrected chi connectivity index (χ2v) is 3.26. The Bertz CT molecular complexity index is 296. The van der Waals surface area contributed by atoms with Gasteiger partial charge in [0.2, 0.25) is 0 Å². The van der Waals surface area contributed by atoms with E-state index in [9.17, 15) is 4.79 Å². The molecular weight excluding hydrogens is 200 g/mol. The SMILES string of the molecule is O=C(N1CCCC1)[n+]1ccccc1.[Cl-]. The molecule has 0 radical (unpaired) electrons. The van der Waals surface area contributed by atoms with Crippen LogP contribution in [0.3, 0.4) is 0 Å². The molecule has 0 atom stereocenters. The van der Waals surface area contributed by atoms with Gasteiger partial charge in [0.15, 0.2) is 0 Å². The highest BCUT2D eigenvalue weighted by Gasteiger charge is 2.27. The predicted octanol–water partition coefficient (Wildman–Crippen LogP) is -1.96. The fraction of sp³-hybridized carbons (Fsp3) is 0.400. The minimum Gasteiger partial charge on any atom is -1.00 e. The summed E-state index contributed by atoms with van der Waals surface area (Å²) in [4.78, 5) is 13.6. The van der Waals surface area contributed by atoms with E-state index in [4.69, 9.17) is 0 Å². The molecule has 3 nitrogen and oxygen atoms in total. The summed E-state index contributed by atoms with van der Waals surface area (Å²) in [5.41, 5.74) is 0. The lowest BCUT2D eigenvalue weighted by atomic mass is 10.4. The second-order valence-electron chi connectivity index (χ2n) is 3.26. The van der Waals surface area contributed by atoms with Crippen molar-refractivity contribution in [2.75, 3.05) is 13.1 Å². The molecule has 1 aliphatic rings. The van der Waals surface area contributed by atoms with Crippen LogP contribution in [-0.2, 0) is 0 Å². The number of likely N-dealkylation sites (tertiary alicyclic amines) is 1. The summed E-state index contributed by atoms with van der Waals surface area (Å²) in [6.45, 7) is 1.81. The lowest BCUT2D eigenvalue weighted by Crippen LogP contribution is -3.00. The highest BCUT2D eigenvalue weighted by atomic mass is 35.5. The molecule has 1 amide bonds. The van der Waals surface area contributed by atoms with Crippen molar-refractivity contribution in [1.82, 2.24) is 4.90 Å². The Morgan fingerprint density at radius 3 is 2.21 bits per heavy atom. The van der Waals surface area contributed by atoms with Crippen molar-refractivity contribution in [1.29, 1.82) is 0 Å². The Kier molecular flexibility index (Phi) is 3.89. The van der Waals surface area contributed by atoms with Gasteiger partial charge in [0, 0.05) is 0 Å². The quantitative estimate of drug-likeness (QED) is 0.459. The highest BCUT2D eigenvalue weighted by Crippen LogP contribution is 2.06. The number of aromatic nitrogens is 1. The zero-order valence-corrected chi connectivity index (χ0v) is 8.65. The van der Waals surface area contributed by atoms with E-state index in [2.05, 4.69) is 0 Å². The fourth-order valence-corrected chi connectivity index (χ4v) is 1.60. The Labute approximate surface area is 89.8 Å². The van der Waals surface area contributed by atoms with E-state index in [0.717, 1.165) is 25.9 Å². The molecule has 2 heterocycles. The average molecular weight is 213 g/mol. The van der Waals surface area contributed by atoms with E-state index in [1.54, 1.807) is 17.0 Å². The fourth-order valence-electron chi connectivity index (χ4n) is 1.60. The van der Waals surface area contributed by atoms with E-state index in [1.165, 1.54) is 0 Å². The molecule has 0 unspecified atom stereocenters. The van der Waals surface area contributed by atoms with Gasteiger partial charge in [-0.2, -0.15) is 9.36 Å². The van der Waals surface area contributed by atoms with Crippen LogP contribution in [0.25, 0.3) is 0 Å². The van der Waals surface area contributed by atoms with Crippen LogP contribution in [-0.4, -0.2) is 24.0 Å². The second kappa shape index (κ2) is 4.96. The normalized spacial score (nSPS) is 15.0. The molecule has 76 valence electrons. The third-order valence-electron chi connectivity index (χ3n) is 2.31.